The molecule has 1 aromatic heterocycles. The third-order valence-corrected chi connectivity index (χ3v) is 8.12. The number of benzene rings is 1. The maximum absolute atomic E-state index is 13.8. The molecule has 3 aliphatic rings. The smallest absolute Gasteiger partial charge is 0.251 e. The fourth-order valence-corrected chi connectivity index (χ4v) is 6.02. The van der Waals surface area contributed by atoms with Crippen LogP contribution in [0, 0.1) is 11.8 Å². The third-order valence-electron chi connectivity index (χ3n) is 7.07. The zero-order valence-electron chi connectivity index (χ0n) is 20.3. The monoisotopic (exact) mass is 501 g/mol. The van der Waals surface area contributed by atoms with Crippen molar-refractivity contribution in [3.8, 4) is 17.6 Å². The van der Waals surface area contributed by atoms with E-state index in [9.17, 15) is 8.78 Å². The molecular weight excluding hydrogens is 468 g/mol. The van der Waals surface area contributed by atoms with Crippen LogP contribution in [0.5, 0.6) is 5.75 Å². The van der Waals surface area contributed by atoms with E-state index >= 15 is 0 Å². The van der Waals surface area contributed by atoms with E-state index in [0.717, 1.165) is 66.3 Å². The van der Waals surface area contributed by atoms with Gasteiger partial charge in [0.05, 0.1) is 24.7 Å². The Morgan fingerprint density at radius 1 is 1.11 bits per heavy atom. The molecule has 35 heavy (non-hydrogen) atoms. The molecule has 0 atom stereocenters. The first-order valence-corrected chi connectivity index (χ1v) is 13.7. The number of nitrogens with zero attached hydrogens (tertiary/aromatic N) is 4. The van der Waals surface area contributed by atoms with Crippen molar-refractivity contribution in [2.24, 2.45) is 0 Å². The Balaban J connectivity index is 1.50. The summed E-state index contributed by atoms with van der Waals surface area (Å²) in [6, 6.07) is 4.25. The number of alkyl halides is 2. The second kappa shape index (κ2) is 10.8. The van der Waals surface area contributed by atoms with Crippen LogP contribution in [0.4, 0.5) is 20.5 Å². The summed E-state index contributed by atoms with van der Waals surface area (Å²) in [6.45, 7) is 3.44. The summed E-state index contributed by atoms with van der Waals surface area (Å²) in [5.74, 6) is 8.14. The van der Waals surface area contributed by atoms with Crippen molar-refractivity contribution in [2.75, 3.05) is 61.6 Å². The lowest BCUT2D eigenvalue weighted by molar-refractivity contribution is -0.0222. The van der Waals surface area contributed by atoms with E-state index in [0.29, 0.717) is 17.7 Å². The highest BCUT2D eigenvalue weighted by Crippen LogP contribution is 2.34. The lowest BCUT2D eigenvalue weighted by atomic mass is 10.1. The fraction of sp³-hybridized carbons (Fsp3) is 0.615. The van der Waals surface area contributed by atoms with Gasteiger partial charge in [-0.05, 0) is 62.4 Å². The summed E-state index contributed by atoms with van der Waals surface area (Å²) in [7, 11) is 1.65. The number of aromatic nitrogens is 2. The Morgan fingerprint density at radius 2 is 1.86 bits per heavy atom. The number of hydrogen-bond donors (Lipinski definition) is 1. The number of halogens is 2. The Labute approximate surface area is 210 Å². The predicted octanol–water partition coefficient (Wildman–Crippen LogP) is 4.63. The van der Waals surface area contributed by atoms with Gasteiger partial charge in [-0.2, -0.15) is 16.7 Å². The first-order chi connectivity index (χ1) is 17.0. The molecule has 3 saturated heterocycles. The van der Waals surface area contributed by atoms with Gasteiger partial charge in [-0.15, -0.1) is 0 Å². The van der Waals surface area contributed by atoms with Crippen LogP contribution < -0.4 is 15.0 Å². The second-order valence-electron chi connectivity index (χ2n) is 9.60. The van der Waals surface area contributed by atoms with Crippen molar-refractivity contribution in [3.05, 3.63) is 17.7 Å². The minimum atomic E-state index is -2.61. The molecule has 0 spiro atoms. The van der Waals surface area contributed by atoms with Crippen molar-refractivity contribution in [2.45, 2.75) is 50.5 Å². The molecule has 1 aromatic carbocycles. The highest BCUT2D eigenvalue weighted by Gasteiger charge is 2.35. The predicted molar refractivity (Wildman–Crippen MR) is 139 cm³/mol. The van der Waals surface area contributed by atoms with Crippen molar-refractivity contribution in [3.63, 3.8) is 0 Å². The molecule has 2 aromatic rings. The molecule has 5 rings (SSSR count). The van der Waals surface area contributed by atoms with E-state index < -0.39 is 5.92 Å². The van der Waals surface area contributed by atoms with Crippen molar-refractivity contribution in [1.82, 2.24) is 14.9 Å². The number of nitrogens with one attached hydrogen (secondary N) is 1. The number of rotatable bonds is 5. The summed E-state index contributed by atoms with van der Waals surface area (Å²) < 4.78 is 33.3. The standard InChI is InChI=1S/C26H33F2N5OS/c1-34-23-18-21-22(17-19(23)5-4-12-32-10-2-3-11-32)30-25(33-13-8-26(27,28)9-14-33)31-24(21)29-20-6-15-35-16-7-20/h17-18,20H,2-3,6-16H2,1H3,(H,29,30,31). The van der Waals surface area contributed by atoms with Crippen LogP contribution in [0.25, 0.3) is 10.9 Å². The van der Waals surface area contributed by atoms with E-state index in [-0.39, 0.29) is 25.9 Å². The molecule has 3 aliphatic heterocycles. The van der Waals surface area contributed by atoms with Crippen LogP contribution in [-0.2, 0) is 0 Å². The van der Waals surface area contributed by atoms with Gasteiger partial charge in [0.1, 0.15) is 11.6 Å². The molecule has 0 radical (unpaired) electrons. The quantitative estimate of drug-likeness (QED) is 0.600. The zero-order chi connectivity index (χ0) is 24.3. The topological polar surface area (TPSA) is 53.5 Å². The Bertz CT molecular complexity index is 1100. The zero-order valence-corrected chi connectivity index (χ0v) is 21.1. The number of likely N-dealkylation sites (tertiary alicyclic amines) is 1. The van der Waals surface area contributed by atoms with Gasteiger partial charge in [0.15, 0.2) is 0 Å². The Kier molecular flexibility index (Phi) is 7.49. The summed E-state index contributed by atoms with van der Waals surface area (Å²) in [6.07, 6.45) is 4.26. The SMILES string of the molecule is COc1cc2c(NC3CCSCC3)nc(N3CCC(F)(F)CC3)nc2cc1C#CCN1CCCC1. The van der Waals surface area contributed by atoms with Crippen LogP contribution in [0.1, 0.15) is 44.1 Å². The molecule has 0 amide bonds. The lowest BCUT2D eigenvalue weighted by Gasteiger charge is -2.32. The Hall–Kier alpha value is -2.31. The number of anilines is 2. The van der Waals surface area contributed by atoms with Gasteiger partial charge in [0.2, 0.25) is 5.95 Å². The number of ether oxygens (including phenoxy) is 1. The van der Waals surface area contributed by atoms with Gasteiger partial charge < -0.3 is 15.0 Å². The maximum atomic E-state index is 13.8. The molecular formula is C26H33F2N5OS. The summed E-state index contributed by atoms with van der Waals surface area (Å²) in [5.41, 5.74) is 1.54. The number of piperidine rings is 1. The van der Waals surface area contributed by atoms with Crippen LogP contribution in [0.15, 0.2) is 12.1 Å². The van der Waals surface area contributed by atoms with E-state index in [2.05, 4.69) is 22.1 Å². The van der Waals surface area contributed by atoms with Crippen LogP contribution in [0.2, 0.25) is 0 Å². The number of thioether (sulfide) groups is 1. The van der Waals surface area contributed by atoms with Crippen LogP contribution >= 0.6 is 11.8 Å². The number of fused-ring (bicyclic) bond motifs is 1. The minimum Gasteiger partial charge on any atom is -0.495 e. The van der Waals surface area contributed by atoms with E-state index in [1.807, 2.05) is 28.8 Å². The molecule has 4 heterocycles. The minimum absolute atomic E-state index is 0.174. The largest absolute Gasteiger partial charge is 0.495 e. The molecule has 0 saturated carbocycles. The molecule has 9 heteroatoms. The van der Waals surface area contributed by atoms with Gasteiger partial charge in [0, 0.05) is 37.4 Å². The van der Waals surface area contributed by atoms with Gasteiger partial charge >= 0.3 is 0 Å². The molecule has 0 unspecified atom stereocenters. The van der Waals surface area contributed by atoms with Crippen molar-refractivity contribution < 1.29 is 13.5 Å². The highest BCUT2D eigenvalue weighted by molar-refractivity contribution is 7.99. The van der Waals surface area contributed by atoms with Gasteiger partial charge in [0.25, 0.3) is 5.92 Å². The van der Waals surface area contributed by atoms with Crippen LogP contribution in [0.3, 0.4) is 0 Å². The van der Waals surface area contributed by atoms with Crippen molar-refractivity contribution in [1.29, 1.82) is 0 Å². The normalized spacial score (nSPS) is 21.1. The van der Waals surface area contributed by atoms with Gasteiger partial charge in [-0.3, -0.25) is 4.90 Å². The van der Waals surface area contributed by atoms with Gasteiger partial charge in [-0.1, -0.05) is 11.8 Å². The highest BCUT2D eigenvalue weighted by atomic mass is 32.2. The molecule has 3 fully saturated rings. The van der Waals surface area contributed by atoms with Gasteiger partial charge in [-0.25, -0.2) is 13.8 Å². The van der Waals surface area contributed by atoms with E-state index in [4.69, 9.17) is 14.7 Å². The molecule has 1 N–H and O–H groups in total. The molecule has 0 bridgehead atoms. The van der Waals surface area contributed by atoms with E-state index in [1.165, 1.54) is 12.8 Å². The third kappa shape index (κ3) is 5.92. The summed E-state index contributed by atoms with van der Waals surface area (Å²) >= 11 is 1.97. The van der Waals surface area contributed by atoms with Crippen molar-refractivity contribution >= 4 is 34.4 Å². The Morgan fingerprint density at radius 3 is 2.57 bits per heavy atom. The summed E-state index contributed by atoms with van der Waals surface area (Å²) in [5, 5.41) is 4.50. The lowest BCUT2D eigenvalue weighted by Crippen LogP contribution is -2.40. The summed E-state index contributed by atoms with van der Waals surface area (Å²) in [4.78, 5) is 13.9. The number of hydrogen-bond acceptors (Lipinski definition) is 7. The molecule has 6 nitrogen and oxygen atoms in total. The molecule has 188 valence electrons. The molecule has 0 aliphatic carbocycles. The maximum Gasteiger partial charge on any atom is 0.251 e. The second-order valence-corrected chi connectivity index (χ2v) is 10.8. The fourth-order valence-electron chi connectivity index (χ4n) is 4.92. The average molecular weight is 502 g/mol. The number of methoxy groups -OCH3 is 1. The van der Waals surface area contributed by atoms with Crippen LogP contribution in [-0.4, -0.2) is 78.2 Å². The average Bonchev–Trinajstić information content (AvgIpc) is 3.38. The first-order valence-electron chi connectivity index (χ1n) is 12.6. The first kappa shape index (κ1) is 24.4. The van der Waals surface area contributed by atoms with E-state index in [1.54, 1.807) is 7.11 Å².